The molecule has 1 aromatic rings. The Balaban J connectivity index is 2.43. The van der Waals surface area contributed by atoms with Crippen LogP contribution in [-0.2, 0) is 0 Å². The molecule has 0 aromatic heterocycles. The summed E-state index contributed by atoms with van der Waals surface area (Å²) in [5.74, 6) is 0.615. The van der Waals surface area contributed by atoms with Gasteiger partial charge in [0.15, 0.2) is 0 Å². The van der Waals surface area contributed by atoms with E-state index in [1.807, 2.05) is 45.3 Å². The van der Waals surface area contributed by atoms with E-state index >= 15 is 0 Å². The molecule has 0 unspecified atom stereocenters. The van der Waals surface area contributed by atoms with Crippen molar-refractivity contribution < 1.29 is 4.79 Å². The molecule has 0 saturated carbocycles. The summed E-state index contributed by atoms with van der Waals surface area (Å²) in [6.07, 6.45) is 1.07. The number of hydrogen-bond acceptors (Lipinski definition) is 2. The molecule has 0 aliphatic rings. The fourth-order valence-electron chi connectivity index (χ4n) is 2.04. The number of aryl methyl sites for hydroxylation is 1. The van der Waals surface area contributed by atoms with E-state index in [9.17, 15) is 4.79 Å². The molecule has 0 fully saturated rings. The number of nitrogens with zero attached hydrogens (tertiary/aromatic N) is 1. The first kappa shape index (κ1) is 16.5. The van der Waals surface area contributed by atoms with Crippen molar-refractivity contribution in [3.63, 3.8) is 0 Å². The first-order valence-corrected chi connectivity index (χ1v) is 7.16. The van der Waals surface area contributed by atoms with Crippen molar-refractivity contribution in [3.05, 3.63) is 29.8 Å². The quantitative estimate of drug-likeness (QED) is 0.839. The zero-order chi connectivity index (χ0) is 15.1. The van der Waals surface area contributed by atoms with Gasteiger partial charge >= 0.3 is 6.03 Å². The average Bonchev–Trinajstić information content (AvgIpc) is 2.36. The molecule has 1 rings (SSSR count). The molecular formula is C16H27N3O. The van der Waals surface area contributed by atoms with Crippen LogP contribution in [0.1, 0.15) is 25.8 Å². The number of rotatable bonds is 6. The second-order valence-electron chi connectivity index (χ2n) is 5.95. The highest BCUT2D eigenvalue weighted by molar-refractivity contribution is 5.89. The lowest BCUT2D eigenvalue weighted by Crippen LogP contribution is -2.42. The molecule has 0 spiro atoms. The molecule has 0 aliphatic heterocycles. The van der Waals surface area contributed by atoms with E-state index in [1.165, 1.54) is 5.56 Å². The predicted octanol–water partition coefficient (Wildman–Crippen LogP) is 3.09. The smallest absolute Gasteiger partial charge is 0.319 e. The van der Waals surface area contributed by atoms with Crippen molar-refractivity contribution in [1.82, 2.24) is 10.2 Å². The minimum absolute atomic E-state index is 0.149. The fraction of sp³-hybridized carbons (Fsp3) is 0.562. The first-order valence-electron chi connectivity index (χ1n) is 7.16. The highest BCUT2D eigenvalue weighted by Crippen LogP contribution is 2.09. The van der Waals surface area contributed by atoms with Crippen LogP contribution in [0.3, 0.4) is 0 Å². The van der Waals surface area contributed by atoms with Crippen molar-refractivity contribution >= 4 is 11.7 Å². The van der Waals surface area contributed by atoms with Crippen LogP contribution in [0.15, 0.2) is 24.3 Å². The standard InChI is InChI=1S/C16H27N3O/c1-12(2)10-15(19(4)5)11-17-16(20)18-14-8-6-13(3)7-9-14/h6-9,12,15H,10-11H2,1-5H3,(H2,17,18,20)/t15-/m1/s1. The largest absolute Gasteiger partial charge is 0.336 e. The van der Waals surface area contributed by atoms with Gasteiger partial charge in [0.25, 0.3) is 0 Å². The Morgan fingerprint density at radius 3 is 2.30 bits per heavy atom. The number of hydrogen-bond donors (Lipinski definition) is 2. The third-order valence-corrected chi connectivity index (χ3v) is 3.28. The van der Waals surface area contributed by atoms with E-state index in [1.54, 1.807) is 0 Å². The lowest BCUT2D eigenvalue weighted by molar-refractivity contribution is 0.231. The fourth-order valence-corrected chi connectivity index (χ4v) is 2.04. The summed E-state index contributed by atoms with van der Waals surface area (Å²) in [6, 6.07) is 8.00. The summed E-state index contributed by atoms with van der Waals surface area (Å²) in [6.45, 7) is 7.08. The van der Waals surface area contributed by atoms with Crippen molar-refractivity contribution in [3.8, 4) is 0 Å². The van der Waals surface area contributed by atoms with Gasteiger partial charge in [-0.3, -0.25) is 0 Å². The van der Waals surface area contributed by atoms with E-state index in [4.69, 9.17) is 0 Å². The molecule has 20 heavy (non-hydrogen) atoms. The number of benzene rings is 1. The zero-order valence-corrected chi connectivity index (χ0v) is 13.2. The second-order valence-corrected chi connectivity index (χ2v) is 5.95. The summed E-state index contributed by atoms with van der Waals surface area (Å²) in [4.78, 5) is 14.0. The highest BCUT2D eigenvalue weighted by Gasteiger charge is 2.14. The average molecular weight is 277 g/mol. The highest BCUT2D eigenvalue weighted by atomic mass is 16.2. The number of amides is 2. The molecule has 4 nitrogen and oxygen atoms in total. The van der Waals surface area contributed by atoms with Gasteiger partial charge in [0.05, 0.1) is 0 Å². The second kappa shape index (κ2) is 7.90. The summed E-state index contributed by atoms with van der Waals surface area (Å²) in [5.41, 5.74) is 2.00. The van der Waals surface area contributed by atoms with Crippen LogP contribution in [-0.4, -0.2) is 37.6 Å². The van der Waals surface area contributed by atoms with Crippen molar-refractivity contribution in [1.29, 1.82) is 0 Å². The number of anilines is 1. The topological polar surface area (TPSA) is 44.4 Å². The van der Waals surface area contributed by atoms with Crippen LogP contribution >= 0.6 is 0 Å². The monoisotopic (exact) mass is 277 g/mol. The molecule has 112 valence electrons. The Kier molecular flexibility index (Phi) is 6.52. The number of nitrogens with one attached hydrogen (secondary N) is 2. The van der Waals surface area contributed by atoms with E-state index in [0.29, 0.717) is 18.5 Å². The number of likely N-dealkylation sites (N-methyl/N-ethyl adjacent to an activating group) is 1. The Morgan fingerprint density at radius 1 is 1.20 bits per heavy atom. The van der Waals surface area contributed by atoms with Gasteiger partial charge in [0, 0.05) is 18.3 Å². The minimum atomic E-state index is -0.149. The number of carbonyl (C=O) groups excluding carboxylic acids is 1. The number of urea groups is 1. The van der Waals surface area contributed by atoms with Crippen LogP contribution in [0.5, 0.6) is 0 Å². The maximum absolute atomic E-state index is 11.9. The summed E-state index contributed by atoms with van der Waals surface area (Å²) in [5, 5.41) is 5.79. The molecule has 0 bridgehead atoms. The Labute approximate surface area is 122 Å². The van der Waals surface area contributed by atoms with Crippen LogP contribution < -0.4 is 10.6 Å². The molecule has 4 heteroatoms. The van der Waals surface area contributed by atoms with Gasteiger partial charge in [-0.05, 0) is 45.5 Å². The van der Waals surface area contributed by atoms with E-state index < -0.39 is 0 Å². The molecule has 2 amide bonds. The third-order valence-electron chi connectivity index (χ3n) is 3.28. The Hall–Kier alpha value is -1.55. The lowest BCUT2D eigenvalue weighted by Gasteiger charge is -2.26. The third kappa shape index (κ3) is 6.06. The molecule has 0 saturated heterocycles. The summed E-state index contributed by atoms with van der Waals surface area (Å²) in [7, 11) is 4.10. The van der Waals surface area contributed by atoms with Gasteiger partial charge < -0.3 is 15.5 Å². The molecule has 0 heterocycles. The molecule has 1 aromatic carbocycles. The van der Waals surface area contributed by atoms with Gasteiger partial charge in [-0.25, -0.2) is 4.79 Å². The van der Waals surface area contributed by atoms with E-state index in [2.05, 4.69) is 29.4 Å². The van der Waals surface area contributed by atoms with Crippen molar-refractivity contribution in [2.24, 2.45) is 5.92 Å². The van der Waals surface area contributed by atoms with Gasteiger partial charge in [0.1, 0.15) is 0 Å². The SMILES string of the molecule is Cc1ccc(NC(=O)NC[C@@H](CC(C)C)N(C)C)cc1. The summed E-state index contributed by atoms with van der Waals surface area (Å²) < 4.78 is 0. The van der Waals surface area contributed by atoms with Gasteiger partial charge in [0.2, 0.25) is 0 Å². The van der Waals surface area contributed by atoms with Crippen molar-refractivity contribution in [2.75, 3.05) is 26.0 Å². The molecule has 2 N–H and O–H groups in total. The predicted molar refractivity (Wildman–Crippen MR) is 85.1 cm³/mol. The van der Waals surface area contributed by atoms with Gasteiger partial charge in [-0.1, -0.05) is 31.5 Å². The van der Waals surface area contributed by atoms with Gasteiger partial charge in [-0.15, -0.1) is 0 Å². The maximum Gasteiger partial charge on any atom is 0.319 e. The van der Waals surface area contributed by atoms with Crippen molar-refractivity contribution in [2.45, 2.75) is 33.2 Å². The first-order chi connectivity index (χ1) is 9.38. The van der Waals surface area contributed by atoms with Crippen LogP contribution in [0.4, 0.5) is 10.5 Å². The molecule has 0 aliphatic carbocycles. The minimum Gasteiger partial charge on any atom is -0.336 e. The maximum atomic E-state index is 11.9. The van der Waals surface area contributed by atoms with Gasteiger partial charge in [-0.2, -0.15) is 0 Å². The zero-order valence-electron chi connectivity index (χ0n) is 13.2. The number of carbonyl (C=O) groups is 1. The molecular weight excluding hydrogens is 250 g/mol. The normalized spacial score (nSPS) is 12.6. The van der Waals surface area contributed by atoms with E-state index in [-0.39, 0.29) is 6.03 Å². The van der Waals surface area contributed by atoms with Crippen LogP contribution in [0.2, 0.25) is 0 Å². The van der Waals surface area contributed by atoms with Crippen LogP contribution in [0, 0.1) is 12.8 Å². The Bertz CT molecular complexity index is 412. The lowest BCUT2D eigenvalue weighted by atomic mass is 10.0. The summed E-state index contributed by atoms with van der Waals surface area (Å²) >= 11 is 0. The Morgan fingerprint density at radius 2 is 1.80 bits per heavy atom. The molecule has 1 atom stereocenters. The van der Waals surface area contributed by atoms with E-state index in [0.717, 1.165) is 12.1 Å². The molecule has 0 radical (unpaired) electrons. The van der Waals surface area contributed by atoms with Crippen LogP contribution in [0.25, 0.3) is 0 Å².